The molecule has 0 fully saturated rings. The van der Waals surface area contributed by atoms with E-state index in [1.807, 2.05) is 32.9 Å². The second-order valence-corrected chi connectivity index (χ2v) is 9.92. The summed E-state index contributed by atoms with van der Waals surface area (Å²) in [5.74, 6) is 0.708. The highest BCUT2D eigenvalue weighted by Crippen LogP contribution is 2.28. The van der Waals surface area contributed by atoms with Crippen LogP contribution in [0, 0.1) is 20.8 Å². The van der Waals surface area contributed by atoms with Crippen LogP contribution in [-0.2, 0) is 21.4 Å². The van der Waals surface area contributed by atoms with Crippen molar-refractivity contribution < 1.29 is 22.7 Å². The Balaban J connectivity index is 1.86. The molecule has 0 saturated carbocycles. The molecular weight excluding hydrogens is 452 g/mol. The van der Waals surface area contributed by atoms with Gasteiger partial charge < -0.3 is 14.8 Å². The molecule has 0 aliphatic carbocycles. The lowest BCUT2D eigenvalue weighted by Gasteiger charge is -2.25. The minimum atomic E-state index is -3.96. The van der Waals surface area contributed by atoms with Crippen LogP contribution in [0.3, 0.4) is 0 Å². The molecular formula is C26H30N2O5S. The fourth-order valence-corrected chi connectivity index (χ4v) is 4.82. The van der Waals surface area contributed by atoms with E-state index in [1.165, 1.54) is 7.11 Å². The van der Waals surface area contributed by atoms with E-state index in [0.717, 1.165) is 26.6 Å². The molecule has 0 bridgehead atoms. The molecule has 7 nitrogen and oxygen atoms in total. The third-order valence-electron chi connectivity index (χ3n) is 5.61. The maximum Gasteiger partial charge on any atom is 0.264 e. The van der Waals surface area contributed by atoms with Crippen molar-refractivity contribution in [2.24, 2.45) is 0 Å². The summed E-state index contributed by atoms with van der Waals surface area (Å²) in [5.41, 5.74) is 4.15. The number of hydrogen-bond acceptors (Lipinski definition) is 5. The number of sulfonamides is 1. The van der Waals surface area contributed by atoms with Crippen LogP contribution in [0.1, 0.15) is 22.3 Å². The Labute approximate surface area is 201 Å². The zero-order chi connectivity index (χ0) is 24.9. The predicted molar refractivity (Wildman–Crippen MR) is 133 cm³/mol. The van der Waals surface area contributed by atoms with Gasteiger partial charge in [0, 0.05) is 6.54 Å². The molecule has 3 aromatic carbocycles. The maximum absolute atomic E-state index is 13.5. The van der Waals surface area contributed by atoms with Gasteiger partial charge in [-0.3, -0.25) is 9.10 Å². The van der Waals surface area contributed by atoms with Crippen LogP contribution in [0.5, 0.6) is 11.5 Å². The van der Waals surface area contributed by atoms with Gasteiger partial charge >= 0.3 is 0 Å². The van der Waals surface area contributed by atoms with Gasteiger partial charge in [-0.1, -0.05) is 29.8 Å². The molecule has 8 heteroatoms. The number of benzene rings is 3. The van der Waals surface area contributed by atoms with Crippen LogP contribution in [0.4, 0.5) is 5.69 Å². The fraction of sp³-hybridized carbons (Fsp3) is 0.269. The van der Waals surface area contributed by atoms with Gasteiger partial charge in [0.15, 0.2) is 11.5 Å². The summed E-state index contributed by atoms with van der Waals surface area (Å²) in [5, 5.41) is 2.81. The van der Waals surface area contributed by atoms with Gasteiger partial charge in [0.1, 0.15) is 6.54 Å². The van der Waals surface area contributed by atoms with Gasteiger partial charge in [0.05, 0.1) is 24.8 Å². The maximum atomic E-state index is 13.5. The van der Waals surface area contributed by atoms with E-state index in [0.29, 0.717) is 17.2 Å². The highest BCUT2D eigenvalue weighted by atomic mass is 32.2. The monoisotopic (exact) mass is 482 g/mol. The molecule has 0 atom stereocenters. The molecule has 180 valence electrons. The van der Waals surface area contributed by atoms with Crippen molar-refractivity contribution in [1.29, 1.82) is 0 Å². The number of methoxy groups -OCH3 is 2. The highest BCUT2D eigenvalue weighted by molar-refractivity contribution is 7.92. The number of carbonyl (C=O) groups excluding carboxylic acids is 1. The Bertz CT molecular complexity index is 1270. The number of hydrogen-bond donors (Lipinski definition) is 1. The van der Waals surface area contributed by atoms with Crippen LogP contribution < -0.4 is 19.1 Å². The summed E-state index contributed by atoms with van der Waals surface area (Å²) < 4.78 is 38.7. The largest absolute Gasteiger partial charge is 0.493 e. The summed E-state index contributed by atoms with van der Waals surface area (Å²) in [4.78, 5) is 13.0. The molecule has 0 spiro atoms. The van der Waals surface area contributed by atoms with E-state index < -0.39 is 15.9 Å². The smallest absolute Gasteiger partial charge is 0.264 e. The first-order valence-corrected chi connectivity index (χ1v) is 12.2. The van der Waals surface area contributed by atoms with Gasteiger partial charge in [-0.05, 0) is 73.9 Å². The van der Waals surface area contributed by atoms with Crippen molar-refractivity contribution in [3.8, 4) is 11.5 Å². The molecule has 0 aromatic heterocycles. The van der Waals surface area contributed by atoms with Crippen molar-refractivity contribution in [1.82, 2.24) is 5.32 Å². The van der Waals surface area contributed by atoms with E-state index in [9.17, 15) is 13.2 Å². The molecule has 0 aliphatic heterocycles. The Kier molecular flexibility index (Phi) is 7.83. The fourth-order valence-electron chi connectivity index (χ4n) is 3.41. The number of nitrogens with zero attached hydrogens (tertiary/aromatic N) is 1. The second-order valence-electron chi connectivity index (χ2n) is 8.06. The summed E-state index contributed by atoms with van der Waals surface area (Å²) in [6.45, 7) is 5.61. The van der Waals surface area contributed by atoms with Gasteiger partial charge in [0.25, 0.3) is 10.0 Å². The zero-order valence-corrected chi connectivity index (χ0v) is 20.9. The first-order chi connectivity index (χ1) is 16.1. The Morgan fingerprint density at radius 2 is 1.53 bits per heavy atom. The van der Waals surface area contributed by atoms with Crippen molar-refractivity contribution in [2.75, 3.05) is 25.1 Å². The minimum absolute atomic E-state index is 0.129. The molecule has 0 unspecified atom stereocenters. The number of nitrogens with one attached hydrogen (secondary N) is 1. The average Bonchev–Trinajstić information content (AvgIpc) is 2.83. The summed E-state index contributed by atoms with van der Waals surface area (Å²) in [6, 6.07) is 17.3. The molecule has 0 aliphatic rings. The second kappa shape index (κ2) is 10.6. The van der Waals surface area contributed by atoms with Crippen LogP contribution in [0.2, 0.25) is 0 Å². The number of aryl methyl sites for hydroxylation is 3. The third kappa shape index (κ3) is 5.69. The summed E-state index contributed by atoms with van der Waals surface area (Å²) in [6.07, 6.45) is 0. The molecule has 1 amide bonds. The molecule has 1 N–H and O–H groups in total. The number of amides is 1. The molecule has 3 rings (SSSR count). The zero-order valence-electron chi connectivity index (χ0n) is 20.1. The van der Waals surface area contributed by atoms with Crippen molar-refractivity contribution >= 4 is 21.6 Å². The molecule has 0 saturated heterocycles. The summed E-state index contributed by atoms with van der Waals surface area (Å²) in [7, 11) is -0.872. The van der Waals surface area contributed by atoms with Crippen molar-refractivity contribution in [3.63, 3.8) is 0 Å². The number of anilines is 1. The molecule has 3 aromatic rings. The van der Waals surface area contributed by atoms with E-state index in [-0.39, 0.29) is 18.0 Å². The van der Waals surface area contributed by atoms with Gasteiger partial charge in [-0.2, -0.15) is 0 Å². The molecule has 0 radical (unpaired) electrons. The van der Waals surface area contributed by atoms with Gasteiger partial charge in [0.2, 0.25) is 5.91 Å². The van der Waals surface area contributed by atoms with E-state index in [2.05, 4.69) is 5.32 Å². The topological polar surface area (TPSA) is 84.9 Å². The Morgan fingerprint density at radius 1 is 0.853 bits per heavy atom. The first kappa shape index (κ1) is 25.1. The predicted octanol–water partition coefficient (Wildman–Crippen LogP) is 4.14. The normalized spacial score (nSPS) is 11.1. The Morgan fingerprint density at radius 3 is 2.15 bits per heavy atom. The van der Waals surface area contributed by atoms with Crippen molar-refractivity contribution in [2.45, 2.75) is 32.2 Å². The van der Waals surface area contributed by atoms with Crippen molar-refractivity contribution in [3.05, 3.63) is 82.9 Å². The van der Waals surface area contributed by atoms with Crippen LogP contribution in [0.25, 0.3) is 0 Å². The van der Waals surface area contributed by atoms with Gasteiger partial charge in [-0.15, -0.1) is 0 Å². The van der Waals surface area contributed by atoms with E-state index in [4.69, 9.17) is 9.47 Å². The third-order valence-corrected chi connectivity index (χ3v) is 7.40. The number of ether oxygens (including phenoxy) is 2. The highest BCUT2D eigenvalue weighted by Gasteiger charge is 2.27. The number of rotatable bonds is 9. The molecule has 0 heterocycles. The standard InChI is InChI=1S/C26H30N2O5S/c1-18-6-11-23(12-7-18)34(30,31)28(22-10-8-19(2)20(3)14-22)17-26(29)27-16-21-9-13-24(32-4)25(15-21)33-5/h6-15H,16-17H2,1-5H3,(H,27,29). The van der Waals surface area contributed by atoms with Crippen LogP contribution >= 0.6 is 0 Å². The lowest BCUT2D eigenvalue weighted by atomic mass is 10.1. The quantitative estimate of drug-likeness (QED) is 0.496. The molecule has 34 heavy (non-hydrogen) atoms. The van der Waals surface area contributed by atoms with E-state index in [1.54, 1.807) is 55.6 Å². The summed E-state index contributed by atoms with van der Waals surface area (Å²) >= 11 is 0. The SMILES string of the molecule is COc1ccc(CNC(=O)CN(c2ccc(C)c(C)c2)S(=O)(=O)c2ccc(C)cc2)cc1OC. The van der Waals surface area contributed by atoms with Gasteiger partial charge in [-0.25, -0.2) is 8.42 Å². The lowest BCUT2D eigenvalue weighted by molar-refractivity contribution is -0.119. The van der Waals surface area contributed by atoms with E-state index >= 15 is 0 Å². The Hall–Kier alpha value is -3.52. The van der Waals surface area contributed by atoms with Crippen LogP contribution in [0.15, 0.2) is 65.6 Å². The average molecular weight is 483 g/mol. The first-order valence-electron chi connectivity index (χ1n) is 10.8. The number of carbonyl (C=O) groups is 1. The van der Waals surface area contributed by atoms with Crippen LogP contribution in [-0.4, -0.2) is 35.1 Å². The lowest BCUT2D eigenvalue weighted by Crippen LogP contribution is -2.40. The minimum Gasteiger partial charge on any atom is -0.493 e.